The third kappa shape index (κ3) is 3.32. The van der Waals surface area contributed by atoms with Crippen LogP contribution < -0.4 is 9.64 Å². The molecule has 24 heavy (non-hydrogen) atoms. The minimum absolute atomic E-state index is 0.168. The quantitative estimate of drug-likeness (QED) is 0.479. The highest BCUT2D eigenvalue weighted by molar-refractivity contribution is 8.27. The maximum atomic E-state index is 12.7. The Hall–Kier alpha value is -2.62. The maximum Gasteiger partial charge on any atom is 0.270 e. The number of para-hydroxylation sites is 1. The largest absolute Gasteiger partial charge is 0.480 e. The van der Waals surface area contributed by atoms with E-state index in [1.54, 1.807) is 30.6 Å². The first-order valence-electron chi connectivity index (χ1n) is 7.04. The van der Waals surface area contributed by atoms with E-state index in [1.807, 2.05) is 24.3 Å². The fourth-order valence-electron chi connectivity index (χ4n) is 2.17. The highest BCUT2D eigenvalue weighted by atomic mass is 32.2. The van der Waals surface area contributed by atoms with Crippen LogP contribution in [0.15, 0.2) is 53.7 Å². The smallest absolute Gasteiger partial charge is 0.270 e. The minimum Gasteiger partial charge on any atom is -0.480 e. The lowest BCUT2D eigenvalue weighted by Gasteiger charge is -2.13. The van der Waals surface area contributed by atoms with Gasteiger partial charge in [0.1, 0.15) is 12.4 Å². The highest BCUT2D eigenvalue weighted by Crippen LogP contribution is 2.36. The maximum absolute atomic E-state index is 12.7. The lowest BCUT2D eigenvalue weighted by Crippen LogP contribution is -2.27. The standard InChI is InChI=1S/C18H12N2O2S2/c1-2-10-22-15-8-4-3-6-13(15)11-16-17(21)20(18(23)24-16)14-7-5-9-19-12-14/h1,3-9,11-12H,10H2/b16-11-. The molecule has 2 aromatic rings. The van der Waals surface area contributed by atoms with E-state index in [1.165, 1.54) is 16.7 Å². The molecule has 0 N–H and O–H groups in total. The molecule has 1 aromatic heterocycles. The fourth-order valence-corrected chi connectivity index (χ4v) is 3.46. The molecule has 3 rings (SSSR count). The van der Waals surface area contributed by atoms with E-state index in [4.69, 9.17) is 23.4 Å². The molecule has 2 heterocycles. The monoisotopic (exact) mass is 352 g/mol. The molecule has 1 saturated heterocycles. The highest BCUT2D eigenvalue weighted by Gasteiger charge is 2.33. The minimum atomic E-state index is -0.176. The number of anilines is 1. The van der Waals surface area contributed by atoms with Gasteiger partial charge in [-0.3, -0.25) is 14.7 Å². The number of ether oxygens (including phenoxy) is 1. The third-order valence-electron chi connectivity index (χ3n) is 3.21. The number of amides is 1. The van der Waals surface area contributed by atoms with Gasteiger partial charge < -0.3 is 4.74 Å². The van der Waals surface area contributed by atoms with Crippen molar-refractivity contribution >= 4 is 46.0 Å². The molecule has 1 aromatic carbocycles. The van der Waals surface area contributed by atoms with Crippen molar-refractivity contribution in [1.82, 2.24) is 4.98 Å². The number of carbonyl (C=O) groups excluding carboxylic acids is 1. The molecule has 0 unspecified atom stereocenters. The Morgan fingerprint density at radius 3 is 2.92 bits per heavy atom. The van der Waals surface area contributed by atoms with Crippen LogP contribution in [0.2, 0.25) is 0 Å². The van der Waals surface area contributed by atoms with Crippen LogP contribution in [0.1, 0.15) is 5.56 Å². The van der Waals surface area contributed by atoms with Crippen LogP contribution in [-0.4, -0.2) is 21.8 Å². The van der Waals surface area contributed by atoms with Gasteiger partial charge >= 0.3 is 0 Å². The summed E-state index contributed by atoms with van der Waals surface area (Å²) in [5.41, 5.74) is 1.43. The fraction of sp³-hybridized carbons (Fsp3) is 0.0556. The van der Waals surface area contributed by atoms with Gasteiger partial charge in [-0.25, -0.2) is 0 Å². The van der Waals surface area contributed by atoms with Crippen LogP contribution in [0.5, 0.6) is 5.75 Å². The van der Waals surface area contributed by atoms with E-state index >= 15 is 0 Å². The second-order valence-corrected chi connectivity index (χ2v) is 6.43. The van der Waals surface area contributed by atoms with Gasteiger partial charge in [-0.15, -0.1) is 6.42 Å². The summed E-state index contributed by atoms with van der Waals surface area (Å²) in [7, 11) is 0. The van der Waals surface area contributed by atoms with Gasteiger partial charge in [0.05, 0.1) is 16.8 Å². The number of hydrogen-bond acceptors (Lipinski definition) is 5. The van der Waals surface area contributed by atoms with Gasteiger partial charge in [-0.05, 0) is 24.3 Å². The molecule has 0 saturated carbocycles. The summed E-state index contributed by atoms with van der Waals surface area (Å²) in [6, 6.07) is 11.0. The summed E-state index contributed by atoms with van der Waals surface area (Å²) < 4.78 is 5.99. The molecule has 118 valence electrons. The first-order valence-corrected chi connectivity index (χ1v) is 8.26. The Morgan fingerprint density at radius 1 is 1.33 bits per heavy atom. The third-order valence-corrected chi connectivity index (χ3v) is 4.52. The summed E-state index contributed by atoms with van der Waals surface area (Å²) >= 11 is 6.59. The van der Waals surface area contributed by atoms with Crippen molar-refractivity contribution in [2.24, 2.45) is 0 Å². The van der Waals surface area contributed by atoms with Crippen molar-refractivity contribution < 1.29 is 9.53 Å². The van der Waals surface area contributed by atoms with Gasteiger partial charge in [0.25, 0.3) is 5.91 Å². The summed E-state index contributed by atoms with van der Waals surface area (Å²) in [5, 5.41) is 0. The van der Waals surface area contributed by atoms with E-state index in [9.17, 15) is 4.79 Å². The topological polar surface area (TPSA) is 42.4 Å². The summed E-state index contributed by atoms with van der Waals surface area (Å²) in [4.78, 5) is 18.7. The van der Waals surface area contributed by atoms with Gasteiger partial charge in [-0.1, -0.05) is 48.1 Å². The molecule has 1 aliphatic heterocycles. The van der Waals surface area contributed by atoms with Crippen molar-refractivity contribution in [1.29, 1.82) is 0 Å². The van der Waals surface area contributed by atoms with E-state index < -0.39 is 0 Å². The average Bonchev–Trinajstić information content (AvgIpc) is 2.88. The second-order valence-electron chi connectivity index (χ2n) is 4.76. The Balaban J connectivity index is 1.92. The zero-order valence-electron chi connectivity index (χ0n) is 12.5. The molecule has 0 radical (unpaired) electrons. The van der Waals surface area contributed by atoms with Crippen molar-refractivity contribution in [3.8, 4) is 18.1 Å². The lowest BCUT2D eigenvalue weighted by atomic mass is 10.2. The molecule has 0 aliphatic carbocycles. The number of benzene rings is 1. The van der Waals surface area contributed by atoms with Crippen LogP contribution in [0, 0.1) is 12.3 Å². The Bertz CT molecular complexity index is 857. The molecule has 0 bridgehead atoms. The van der Waals surface area contributed by atoms with E-state index in [0.29, 0.717) is 20.7 Å². The number of terminal acetylenes is 1. The zero-order chi connectivity index (χ0) is 16.9. The van der Waals surface area contributed by atoms with Crippen LogP contribution in [-0.2, 0) is 4.79 Å². The van der Waals surface area contributed by atoms with Crippen molar-refractivity contribution in [3.05, 3.63) is 59.3 Å². The number of rotatable bonds is 4. The van der Waals surface area contributed by atoms with Crippen LogP contribution in [0.3, 0.4) is 0 Å². The number of thioether (sulfide) groups is 1. The molecule has 0 atom stereocenters. The summed E-state index contributed by atoms with van der Waals surface area (Å²) in [5.74, 6) is 2.88. The van der Waals surface area contributed by atoms with Crippen molar-refractivity contribution in [2.45, 2.75) is 0 Å². The van der Waals surface area contributed by atoms with Gasteiger partial charge in [0.2, 0.25) is 0 Å². The van der Waals surface area contributed by atoms with Gasteiger partial charge in [0.15, 0.2) is 4.32 Å². The first-order chi connectivity index (χ1) is 11.7. The summed E-state index contributed by atoms with van der Waals surface area (Å²) in [6.45, 7) is 0.168. The van der Waals surface area contributed by atoms with Crippen LogP contribution in [0.4, 0.5) is 5.69 Å². The Labute approximate surface area is 149 Å². The van der Waals surface area contributed by atoms with E-state index in [0.717, 1.165) is 5.56 Å². The normalized spacial score (nSPS) is 15.6. The number of pyridine rings is 1. The Kier molecular flexibility index (Phi) is 4.94. The Morgan fingerprint density at radius 2 is 2.17 bits per heavy atom. The number of aromatic nitrogens is 1. The van der Waals surface area contributed by atoms with Crippen molar-refractivity contribution in [3.63, 3.8) is 0 Å². The van der Waals surface area contributed by atoms with Crippen molar-refractivity contribution in [2.75, 3.05) is 11.5 Å². The average molecular weight is 352 g/mol. The second kappa shape index (κ2) is 7.30. The van der Waals surface area contributed by atoms with E-state index in [-0.39, 0.29) is 12.5 Å². The summed E-state index contributed by atoms with van der Waals surface area (Å²) in [6.07, 6.45) is 10.3. The zero-order valence-corrected chi connectivity index (χ0v) is 14.1. The number of hydrogen-bond donors (Lipinski definition) is 0. The number of thiocarbonyl (C=S) groups is 1. The molecular weight excluding hydrogens is 340 g/mol. The predicted octanol–water partition coefficient (Wildman–Crippen LogP) is 3.50. The molecule has 0 spiro atoms. The van der Waals surface area contributed by atoms with Gasteiger partial charge in [0, 0.05) is 11.8 Å². The van der Waals surface area contributed by atoms with Crippen LogP contribution in [0.25, 0.3) is 6.08 Å². The first kappa shape index (κ1) is 16.2. The molecule has 1 fully saturated rings. The molecule has 1 aliphatic rings. The SMILES string of the molecule is C#CCOc1ccccc1/C=C1\SC(=S)N(c2cccnc2)C1=O. The molecule has 6 heteroatoms. The molecular formula is C18H12N2O2S2. The van der Waals surface area contributed by atoms with Gasteiger partial charge in [-0.2, -0.15) is 0 Å². The number of nitrogens with zero attached hydrogens (tertiary/aromatic N) is 2. The van der Waals surface area contributed by atoms with E-state index in [2.05, 4.69) is 10.9 Å². The number of carbonyl (C=O) groups is 1. The molecule has 4 nitrogen and oxygen atoms in total. The molecule has 1 amide bonds. The van der Waals surface area contributed by atoms with Crippen LogP contribution >= 0.6 is 24.0 Å². The lowest BCUT2D eigenvalue weighted by molar-refractivity contribution is -0.113. The predicted molar refractivity (Wildman–Crippen MR) is 101 cm³/mol.